The summed E-state index contributed by atoms with van der Waals surface area (Å²) in [6.07, 6.45) is 0. The molecule has 0 aliphatic rings. The fourth-order valence-electron chi connectivity index (χ4n) is 1.75. The van der Waals surface area contributed by atoms with Crippen LogP contribution in [0.5, 0.6) is 0 Å². The molecule has 0 aliphatic carbocycles. The van der Waals surface area contributed by atoms with Crippen molar-refractivity contribution in [2.24, 2.45) is 0 Å². The molecule has 0 aliphatic heterocycles. The van der Waals surface area contributed by atoms with Gasteiger partial charge in [-0.2, -0.15) is 0 Å². The van der Waals surface area contributed by atoms with Crippen LogP contribution in [0.25, 0.3) is 21.8 Å². The lowest BCUT2D eigenvalue weighted by Crippen LogP contribution is -1.90. The first-order valence-corrected chi connectivity index (χ1v) is 4.56. The molecular formula is C10H5N3O3. The Kier molecular flexibility index (Phi) is 1.64. The normalized spacial score (nSPS) is 11.0. The highest BCUT2D eigenvalue weighted by molar-refractivity contribution is 6.08. The molecule has 0 saturated carbocycles. The minimum Gasteiger partial charge on any atom is -0.258 e. The molecule has 0 radical (unpaired) electrons. The zero-order chi connectivity index (χ0) is 11.1. The minimum atomic E-state index is -0.434. The fourth-order valence-corrected chi connectivity index (χ4v) is 1.75. The van der Waals surface area contributed by atoms with E-state index < -0.39 is 4.92 Å². The van der Waals surface area contributed by atoms with E-state index in [9.17, 15) is 10.1 Å². The summed E-state index contributed by atoms with van der Waals surface area (Å²) >= 11 is 0. The standard InChI is InChI=1S/C10H5N3O3/c14-13(15)9-5-8-10(12-16-11-8)7-4-2-1-3-6(7)9/h1-5H. The third-order valence-electron chi connectivity index (χ3n) is 2.44. The van der Waals surface area contributed by atoms with Crippen molar-refractivity contribution in [2.75, 3.05) is 0 Å². The quantitative estimate of drug-likeness (QED) is 0.459. The zero-order valence-electron chi connectivity index (χ0n) is 7.95. The molecule has 16 heavy (non-hydrogen) atoms. The lowest BCUT2D eigenvalue weighted by molar-refractivity contribution is -0.382. The van der Waals surface area contributed by atoms with Crippen LogP contribution >= 0.6 is 0 Å². The van der Waals surface area contributed by atoms with Crippen LogP contribution in [0.15, 0.2) is 35.0 Å². The number of hydrogen-bond acceptors (Lipinski definition) is 5. The number of benzene rings is 2. The molecule has 6 nitrogen and oxygen atoms in total. The lowest BCUT2D eigenvalue weighted by atomic mass is 10.1. The summed E-state index contributed by atoms with van der Waals surface area (Å²) in [4.78, 5) is 10.5. The van der Waals surface area contributed by atoms with Crippen molar-refractivity contribution < 1.29 is 9.55 Å². The number of nitro groups is 1. The molecular weight excluding hydrogens is 210 g/mol. The van der Waals surface area contributed by atoms with E-state index in [1.54, 1.807) is 24.3 Å². The van der Waals surface area contributed by atoms with E-state index >= 15 is 0 Å². The first kappa shape index (κ1) is 8.78. The van der Waals surface area contributed by atoms with Gasteiger partial charge in [0.15, 0.2) is 0 Å². The predicted octanol–water partition coefficient (Wildman–Crippen LogP) is 2.28. The van der Waals surface area contributed by atoms with E-state index in [4.69, 9.17) is 0 Å². The summed E-state index contributed by atoms with van der Waals surface area (Å²) in [5, 5.41) is 19.5. The van der Waals surface area contributed by atoms with E-state index in [1.807, 2.05) is 0 Å². The largest absolute Gasteiger partial charge is 0.279 e. The summed E-state index contributed by atoms with van der Waals surface area (Å²) in [6, 6.07) is 8.35. The van der Waals surface area contributed by atoms with Crippen LogP contribution in [0, 0.1) is 10.1 Å². The highest BCUT2D eigenvalue weighted by atomic mass is 16.6. The zero-order valence-corrected chi connectivity index (χ0v) is 7.95. The average Bonchev–Trinajstić information content (AvgIpc) is 2.75. The van der Waals surface area contributed by atoms with E-state index in [0.717, 1.165) is 0 Å². The van der Waals surface area contributed by atoms with Crippen LogP contribution in [0.1, 0.15) is 0 Å². The Morgan fingerprint density at radius 2 is 1.94 bits per heavy atom. The van der Waals surface area contributed by atoms with Gasteiger partial charge in [0.05, 0.1) is 10.3 Å². The van der Waals surface area contributed by atoms with Crippen molar-refractivity contribution in [1.29, 1.82) is 0 Å². The number of rotatable bonds is 1. The van der Waals surface area contributed by atoms with Gasteiger partial charge in [-0.25, -0.2) is 4.63 Å². The van der Waals surface area contributed by atoms with Crippen LogP contribution in [0.2, 0.25) is 0 Å². The number of nitro benzene ring substituents is 1. The van der Waals surface area contributed by atoms with E-state index in [2.05, 4.69) is 14.9 Å². The number of fused-ring (bicyclic) bond motifs is 3. The second-order valence-corrected chi connectivity index (χ2v) is 3.33. The average molecular weight is 215 g/mol. The van der Waals surface area contributed by atoms with Crippen molar-refractivity contribution in [2.45, 2.75) is 0 Å². The molecule has 0 saturated heterocycles. The first-order valence-electron chi connectivity index (χ1n) is 4.56. The smallest absolute Gasteiger partial charge is 0.258 e. The molecule has 1 aromatic heterocycles. The predicted molar refractivity (Wildman–Crippen MR) is 56.0 cm³/mol. The van der Waals surface area contributed by atoms with Gasteiger partial charge in [-0.3, -0.25) is 10.1 Å². The van der Waals surface area contributed by atoms with Crippen molar-refractivity contribution in [3.8, 4) is 0 Å². The maximum atomic E-state index is 10.9. The van der Waals surface area contributed by atoms with Crippen LogP contribution in [0.3, 0.4) is 0 Å². The number of nitrogens with zero attached hydrogens (tertiary/aromatic N) is 3. The van der Waals surface area contributed by atoms with Gasteiger partial charge >= 0.3 is 0 Å². The van der Waals surface area contributed by atoms with Crippen LogP contribution in [0.4, 0.5) is 5.69 Å². The van der Waals surface area contributed by atoms with Gasteiger partial charge in [0.2, 0.25) is 0 Å². The van der Waals surface area contributed by atoms with E-state index in [-0.39, 0.29) is 5.69 Å². The van der Waals surface area contributed by atoms with Crippen LogP contribution in [-0.2, 0) is 0 Å². The third kappa shape index (κ3) is 1.07. The van der Waals surface area contributed by atoms with Crippen molar-refractivity contribution in [3.05, 3.63) is 40.4 Å². The Morgan fingerprint density at radius 3 is 2.69 bits per heavy atom. The summed E-state index contributed by atoms with van der Waals surface area (Å²) in [5.41, 5.74) is 0.949. The van der Waals surface area contributed by atoms with E-state index in [1.165, 1.54) is 6.07 Å². The van der Waals surface area contributed by atoms with Gasteiger partial charge in [-0.05, 0) is 16.4 Å². The lowest BCUT2D eigenvalue weighted by Gasteiger charge is -1.98. The Bertz CT molecular complexity index is 705. The van der Waals surface area contributed by atoms with Crippen LogP contribution in [-0.4, -0.2) is 15.2 Å². The molecule has 0 unspecified atom stereocenters. The molecule has 3 rings (SSSR count). The molecule has 0 N–H and O–H groups in total. The molecule has 1 heterocycles. The maximum Gasteiger partial charge on any atom is 0.279 e. The van der Waals surface area contributed by atoms with Crippen molar-refractivity contribution in [3.63, 3.8) is 0 Å². The van der Waals surface area contributed by atoms with Gasteiger partial charge in [-0.15, -0.1) is 0 Å². The van der Waals surface area contributed by atoms with Crippen molar-refractivity contribution >= 4 is 27.5 Å². The molecule has 78 valence electrons. The maximum absolute atomic E-state index is 10.9. The highest BCUT2D eigenvalue weighted by Gasteiger charge is 2.17. The summed E-state index contributed by atoms with van der Waals surface area (Å²) in [5.74, 6) is 0. The second kappa shape index (κ2) is 2.99. The highest BCUT2D eigenvalue weighted by Crippen LogP contribution is 2.31. The number of non-ortho nitro benzene ring substituents is 1. The molecule has 3 aromatic rings. The molecule has 0 spiro atoms. The monoisotopic (exact) mass is 215 g/mol. The number of hydrogen-bond donors (Lipinski definition) is 0. The van der Waals surface area contributed by atoms with Gasteiger partial charge in [0, 0.05) is 11.5 Å². The Hall–Kier alpha value is -2.50. The molecule has 0 amide bonds. The fraction of sp³-hybridized carbons (Fsp3) is 0. The van der Waals surface area contributed by atoms with Crippen molar-refractivity contribution in [1.82, 2.24) is 10.3 Å². The van der Waals surface area contributed by atoms with Gasteiger partial charge in [0.25, 0.3) is 5.69 Å². The summed E-state index contributed by atoms with van der Waals surface area (Å²) in [7, 11) is 0. The SMILES string of the molecule is O=[N+]([O-])c1cc2nonc2c2ccccc12. The molecule has 0 atom stereocenters. The molecule has 2 aromatic carbocycles. The topological polar surface area (TPSA) is 82.1 Å². The first-order chi connectivity index (χ1) is 7.77. The van der Waals surface area contributed by atoms with Crippen LogP contribution < -0.4 is 0 Å². The summed E-state index contributed by atoms with van der Waals surface area (Å²) in [6.45, 7) is 0. The summed E-state index contributed by atoms with van der Waals surface area (Å²) < 4.78 is 4.59. The van der Waals surface area contributed by atoms with E-state index in [0.29, 0.717) is 21.8 Å². The molecule has 0 bridgehead atoms. The Labute approximate surface area is 88.6 Å². The Balaban J connectivity index is 2.60. The Morgan fingerprint density at radius 1 is 1.19 bits per heavy atom. The van der Waals surface area contributed by atoms with Gasteiger partial charge in [0.1, 0.15) is 11.0 Å². The second-order valence-electron chi connectivity index (χ2n) is 3.33. The molecule has 6 heteroatoms. The molecule has 0 fully saturated rings. The minimum absolute atomic E-state index is 0.0128. The number of aromatic nitrogens is 2. The van der Waals surface area contributed by atoms with Gasteiger partial charge in [-0.1, -0.05) is 18.2 Å². The van der Waals surface area contributed by atoms with Gasteiger partial charge < -0.3 is 0 Å². The third-order valence-corrected chi connectivity index (χ3v) is 2.44.